The molecule has 2 saturated heterocycles. The highest BCUT2D eigenvalue weighted by Gasteiger charge is 2.45. The van der Waals surface area contributed by atoms with Crippen LogP contribution in [-0.2, 0) is 31.8 Å². The Balaban J connectivity index is 1.20. The van der Waals surface area contributed by atoms with Gasteiger partial charge in [0, 0.05) is 60.0 Å². The van der Waals surface area contributed by atoms with Crippen molar-refractivity contribution in [2.75, 3.05) is 24.5 Å². The van der Waals surface area contributed by atoms with Gasteiger partial charge in [-0.05, 0) is 55.0 Å². The maximum absolute atomic E-state index is 14.4. The van der Waals surface area contributed by atoms with E-state index >= 15 is 0 Å². The number of rotatable bonds is 8. The van der Waals surface area contributed by atoms with Crippen molar-refractivity contribution in [2.45, 2.75) is 49.2 Å². The molecular weight excluding hydrogens is 675 g/mol. The molecule has 0 spiro atoms. The molecule has 0 aliphatic carbocycles. The maximum atomic E-state index is 14.4. The first-order chi connectivity index (χ1) is 23.2. The number of piperidine rings is 1. The molecular formula is C33H32Cl2N8O4S. The van der Waals surface area contributed by atoms with Gasteiger partial charge in [-0.15, -0.1) is 0 Å². The topological polar surface area (TPSA) is 148 Å². The Morgan fingerprint density at radius 3 is 2.27 bits per heavy atom. The number of carbonyl (C=O) groups excluding carboxylic acids is 3. The third-order valence-electron chi connectivity index (χ3n) is 9.23. The molecule has 2 fully saturated rings. The van der Waals surface area contributed by atoms with Gasteiger partial charge in [0.05, 0.1) is 11.9 Å². The van der Waals surface area contributed by atoms with Crippen molar-refractivity contribution >= 4 is 63.5 Å². The van der Waals surface area contributed by atoms with Crippen LogP contribution < -0.4 is 10.6 Å². The van der Waals surface area contributed by atoms with Crippen LogP contribution in [0.15, 0.2) is 72.4 Å². The Morgan fingerprint density at radius 1 is 0.917 bits per heavy atom. The Morgan fingerprint density at radius 2 is 1.60 bits per heavy atom. The fourth-order valence-corrected chi connectivity index (χ4v) is 8.77. The second kappa shape index (κ2) is 13.4. The number of hydrogen-bond acceptors (Lipinski definition) is 7. The molecule has 2 N–H and O–H groups in total. The molecule has 0 radical (unpaired) electrons. The molecule has 48 heavy (non-hydrogen) atoms. The Kier molecular flexibility index (Phi) is 9.03. The fraction of sp³-hybridized carbons (Fsp3) is 0.333. The zero-order chi connectivity index (χ0) is 33.5. The molecule has 12 nitrogen and oxygen atoms in total. The van der Waals surface area contributed by atoms with Crippen molar-refractivity contribution in [3.05, 3.63) is 83.0 Å². The van der Waals surface area contributed by atoms with Gasteiger partial charge in [-0.3, -0.25) is 19.0 Å². The SMILES string of the molecule is NC(=O)C1CCN(C(=O)[C@@H]2CCCN2S(=O)c2cnc3n2[C@H](Cc2ccc(-c4cncnc4)cc2)C(=O)N3c2cc(Cl)cc(Cl)c2)CC1. The molecule has 3 aliphatic rings. The van der Waals surface area contributed by atoms with E-state index in [0.29, 0.717) is 78.4 Å². The van der Waals surface area contributed by atoms with Crippen LogP contribution >= 0.6 is 23.2 Å². The Bertz CT molecular complexity index is 1880. The van der Waals surface area contributed by atoms with Crippen molar-refractivity contribution in [2.24, 2.45) is 11.7 Å². The van der Waals surface area contributed by atoms with Crippen LogP contribution in [0.1, 0.15) is 37.3 Å². The number of aromatic nitrogens is 4. The highest BCUT2D eigenvalue weighted by Crippen LogP contribution is 2.42. The third-order valence-corrected chi connectivity index (χ3v) is 11.2. The summed E-state index contributed by atoms with van der Waals surface area (Å²) in [5.74, 6) is -0.689. The molecule has 4 aromatic rings. The Hall–Kier alpha value is -4.17. The second-order valence-corrected chi connectivity index (χ2v) is 14.4. The van der Waals surface area contributed by atoms with E-state index in [1.165, 1.54) is 17.4 Å². The molecule has 3 atom stereocenters. The first kappa shape index (κ1) is 32.4. The highest BCUT2D eigenvalue weighted by atomic mass is 35.5. The summed E-state index contributed by atoms with van der Waals surface area (Å²) in [7, 11) is -1.81. The van der Waals surface area contributed by atoms with Crippen molar-refractivity contribution in [1.82, 2.24) is 28.7 Å². The molecule has 3 amide bonds. The first-order valence-corrected chi connectivity index (χ1v) is 17.5. The van der Waals surface area contributed by atoms with Crippen molar-refractivity contribution in [1.29, 1.82) is 0 Å². The molecule has 0 saturated carbocycles. The minimum absolute atomic E-state index is 0.114. The first-order valence-electron chi connectivity index (χ1n) is 15.7. The number of benzene rings is 2. The van der Waals surface area contributed by atoms with Gasteiger partial charge >= 0.3 is 0 Å². The molecule has 2 aromatic carbocycles. The van der Waals surface area contributed by atoms with E-state index in [1.807, 2.05) is 24.3 Å². The van der Waals surface area contributed by atoms with Gasteiger partial charge in [-0.2, -0.15) is 0 Å². The van der Waals surface area contributed by atoms with Gasteiger partial charge in [-0.25, -0.2) is 28.4 Å². The van der Waals surface area contributed by atoms with E-state index in [1.54, 1.807) is 44.4 Å². The Labute approximate surface area is 289 Å². The van der Waals surface area contributed by atoms with E-state index in [0.717, 1.165) is 16.7 Å². The number of imidazole rings is 1. The summed E-state index contributed by atoms with van der Waals surface area (Å²) >= 11 is 12.7. The summed E-state index contributed by atoms with van der Waals surface area (Å²) in [5.41, 5.74) is 8.61. The number of nitrogens with zero attached hydrogens (tertiary/aromatic N) is 7. The van der Waals surface area contributed by atoms with Crippen LogP contribution in [0.3, 0.4) is 0 Å². The number of likely N-dealkylation sites (tertiary alicyclic amines) is 1. The fourth-order valence-electron chi connectivity index (χ4n) is 6.78. The largest absolute Gasteiger partial charge is 0.369 e. The van der Waals surface area contributed by atoms with E-state index < -0.39 is 23.1 Å². The number of fused-ring (bicyclic) bond motifs is 1. The molecule has 248 valence electrons. The molecule has 7 rings (SSSR count). The maximum Gasteiger partial charge on any atom is 0.257 e. The van der Waals surface area contributed by atoms with E-state index in [9.17, 15) is 18.6 Å². The third kappa shape index (κ3) is 6.11. The van der Waals surface area contributed by atoms with Crippen LogP contribution in [0.5, 0.6) is 0 Å². The minimum Gasteiger partial charge on any atom is -0.369 e. The van der Waals surface area contributed by atoms with Gasteiger partial charge in [0.25, 0.3) is 5.91 Å². The van der Waals surface area contributed by atoms with Gasteiger partial charge in [0.15, 0.2) is 0 Å². The highest BCUT2D eigenvalue weighted by molar-refractivity contribution is 7.82. The monoisotopic (exact) mass is 706 g/mol. The van der Waals surface area contributed by atoms with Crippen molar-refractivity contribution < 1.29 is 18.6 Å². The molecule has 3 aliphatic heterocycles. The average molecular weight is 708 g/mol. The number of amides is 3. The van der Waals surface area contributed by atoms with Crippen LogP contribution in [-0.4, -0.2) is 76.3 Å². The normalized spacial score (nSPS) is 20.7. The lowest BCUT2D eigenvalue weighted by atomic mass is 9.96. The number of halogens is 2. The van der Waals surface area contributed by atoms with E-state index in [-0.39, 0.29) is 23.6 Å². The molecule has 5 heterocycles. The van der Waals surface area contributed by atoms with Crippen LogP contribution in [0.25, 0.3) is 11.1 Å². The lowest BCUT2D eigenvalue weighted by molar-refractivity contribution is -0.137. The van der Waals surface area contributed by atoms with Crippen LogP contribution in [0.2, 0.25) is 10.0 Å². The lowest BCUT2D eigenvalue weighted by Crippen LogP contribution is -2.50. The van der Waals surface area contributed by atoms with Gasteiger partial charge < -0.3 is 10.6 Å². The zero-order valence-electron chi connectivity index (χ0n) is 25.7. The number of carbonyl (C=O) groups is 3. The molecule has 15 heteroatoms. The number of primary amides is 1. The van der Waals surface area contributed by atoms with E-state index in [2.05, 4.69) is 15.0 Å². The smallest absolute Gasteiger partial charge is 0.257 e. The summed E-state index contributed by atoms with van der Waals surface area (Å²) in [5, 5.41) is 1.04. The van der Waals surface area contributed by atoms with Crippen LogP contribution in [0.4, 0.5) is 11.6 Å². The predicted octanol–water partition coefficient (Wildman–Crippen LogP) is 4.32. The summed E-state index contributed by atoms with van der Waals surface area (Å²) in [6, 6.07) is 11.2. The zero-order valence-corrected chi connectivity index (χ0v) is 28.1. The minimum atomic E-state index is -1.81. The van der Waals surface area contributed by atoms with E-state index in [4.69, 9.17) is 28.9 Å². The summed E-state index contributed by atoms with van der Waals surface area (Å²) in [6.45, 7) is 1.29. The summed E-state index contributed by atoms with van der Waals surface area (Å²) < 4.78 is 17.8. The quantitative estimate of drug-likeness (QED) is 0.287. The summed E-state index contributed by atoms with van der Waals surface area (Å²) in [6.07, 6.45) is 9.01. The number of hydrogen-bond donors (Lipinski definition) is 1. The number of anilines is 2. The lowest BCUT2D eigenvalue weighted by Gasteiger charge is -2.34. The average Bonchev–Trinajstić information content (AvgIpc) is 3.81. The molecule has 0 bridgehead atoms. The van der Waals surface area contributed by atoms with Gasteiger partial charge in [0.1, 0.15) is 34.4 Å². The van der Waals surface area contributed by atoms with Crippen molar-refractivity contribution in [3.8, 4) is 11.1 Å². The predicted molar refractivity (Wildman–Crippen MR) is 181 cm³/mol. The van der Waals surface area contributed by atoms with Gasteiger partial charge in [0.2, 0.25) is 17.8 Å². The molecule has 2 aromatic heterocycles. The second-order valence-electron chi connectivity index (χ2n) is 12.2. The van der Waals surface area contributed by atoms with Gasteiger partial charge in [-0.1, -0.05) is 47.5 Å². The molecule has 1 unspecified atom stereocenters. The van der Waals surface area contributed by atoms with Crippen LogP contribution in [0, 0.1) is 5.92 Å². The standard InChI is InChI=1S/C33H32Cl2N8O4S/c34-24-13-25(35)15-26(14-24)42-32(46)28(12-20-3-5-21(6-4-20)23-16-37-19-38-17-23)43-29(18-39-33(42)43)48(47)41-9-1-2-27(41)31(45)40-10-7-22(8-11-40)30(36)44/h3-6,13-19,22,27-28H,1-2,7-12H2,(H2,36,44)/t27-,28+,48?/m0/s1. The van der Waals surface area contributed by atoms with Crippen molar-refractivity contribution in [3.63, 3.8) is 0 Å². The number of nitrogens with two attached hydrogens (primary N) is 1. The summed E-state index contributed by atoms with van der Waals surface area (Å²) in [4.78, 5) is 55.6.